The summed E-state index contributed by atoms with van der Waals surface area (Å²) in [5.74, 6) is -0.776. The summed E-state index contributed by atoms with van der Waals surface area (Å²) in [5, 5.41) is 13.5. The van der Waals surface area contributed by atoms with Crippen molar-refractivity contribution in [1.29, 1.82) is 0 Å². The van der Waals surface area contributed by atoms with Gasteiger partial charge in [-0.3, -0.25) is 10.1 Å². The van der Waals surface area contributed by atoms with Crippen LogP contribution >= 0.6 is 12.2 Å². The maximum absolute atomic E-state index is 14.5. The number of hydrogen-bond donors (Lipinski definition) is 2. The van der Waals surface area contributed by atoms with E-state index in [0.717, 1.165) is 0 Å². The average molecular weight is 372 g/mol. The second-order valence-corrected chi connectivity index (χ2v) is 6.76. The molecule has 7 heteroatoms. The van der Waals surface area contributed by atoms with Gasteiger partial charge in [-0.05, 0) is 42.9 Å². The molecule has 26 heavy (non-hydrogen) atoms. The molecule has 1 amide bonds. The van der Waals surface area contributed by atoms with E-state index in [2.05, 4.69) is 5.32 Å². The molecule has 1 unspecified atom stereocenters. The van der Waals surface area contributed by atoms with E-state index in [4.69, 9.17) is 17.0 Å². The topological polar surface area (TPSA) is 61.8 Å². The maximum Gasteiger partial charge on any atom is 0.257 e. The highest BCUT2D eigenvalue weighted by Crippen LogP contribution is 2.53. The summed E-state index contributed by atoms with van der Waals surface area (Å²) in [4.78, 5) is 14.0. The van der Waals surface area contributed by atoms with E-state index < -0.39 is 17.5 Å². The SMILES string of the molecule is O=C(NC(=S)N1c2cccc(F)c2[C@@]12COCCC2O)c1ccccc1. The van der Waals surface area contributed by atoms with E-state index in [-0.39, 0.29) is 17.6 Å². The second kappa shape index (κ2) is 6.42. The fourth-order valence-corrected chi connectivity index (χ4v) is 4.07. The van der Waals surface area contributed by atoms with Gasteiger partial charge in [0.05, 0.1) is 18.4 Å². The number of aliphatic hydroxyl groups is 1. The first-order valence-electron chi connectivity index (χ1n) is 8.31. The third-order valence-corrected chi connectivity index (χ3v) is 5.22. The van der Waals surface area contributed by atoms with Crippen molar-refractivity contribution < 1.29 is 19.0 Å². The lowest BCUT2D eigenvalue weighted by molar-refractivity contribution is -0.0618. The van der Waals surface area contributed by atoms with Gasteiger partial charge in [-0.25, -0.2) is 4.39 Å². The minimum absolute atomic E-state index is 0.101. The molecule has 2 atom stereocenters. The van der Waals surface area contributed by atoms with Crippen LogP contribution < -0.4 is 10.2 Å². The van der Waals surface area contributed by atoms with Gasteiger partial charge in [-0.15, -0.1) is 0 Å². The van der Waals surface area contributed by atoms with Gasteiger partial charge in [0.1, 0.15) is 11.4 Å². The van der Waals surface area contributed by atoms with E-state index in [1.165, 1.54) is 6.07 Å². The largest absolute Gasteiger partial charge is 0.390 e. The maximum atomic E-state index is 14.5. The highest BCUT2D eigenvalue weighted by Gasteiger charge is 2.59. The number of rotatable bonds is 1. The molecular weight excluding hydrogens is 355 g/mol. The van der Waals surface area contributed by atoms with Gasteiger partial charge in [0.2, 0.25) is 0 Å². The zero-order valence-corrected chi connectivity index (χ0v) is 14.6. The van der Waals surface area contributed by atoms with Gasteiger partial charge in [0.25, 0.3) is 5.91 Å². The normalized spacial score (nSPS) is 23.9. The van der Waals surface area contributed by atoms with Gasteiger partial charge >= 0.3 is 0 Å². The standard InChI is InChI=1S/C19H17FN2O3S/c20-13-7-4-8-14-16(13)19(11-25-10-9-15(19)23)22(14)18(26)21-17(24)12-5-2-1-3-6-12/h1-8,15,23H,9-11H2,(H,21,24,26)/t15?,19-/m0/s1. The second-order valence-electron chi connectivity index (χ2n) is 6.38. The molecule has 2 aliphatic rings. The van der Waals surface area contributed by atoms with Crippen LogP contribution in [0.15, 0.2) is 48.5 Å². The lowest BCUT2D eigenvalue weighted by Gasteiger charge is -2.57. The van der Waals surface area contributed by atoms with Crippen LogP contribution in [-0.2, 0) is 10.3 Å². The monoisotopic (exact) mass is 372 g/mol. The summed E-state index contributed by atoms with van der Waals surface area (Å²) >= 11 is 5.43. The fourth-order valence-electron chi connectivity index (χ4n) is 3.72. The number of fused-ring (bicyclic) bond motifs is 2. The van der Waals surface area contributed by atoms with Gasteiger partial charge in [0, 0.05) is 17.7 Å². The summed E-state index contributed by atoms with van der Waals surface area (Å²) in [7, 11) is 0. The van der Waals surface area contributed by atoms with Crippen molar-refractivity contribution >= 4 is 28.9 Å². The summed E-state index contributed by atoms with van der Waals surface area (Å²) in [6.45, 7) is 0.493. The molecule has 0 aliphatic carbocycles. The molecule has 4 rings (SSSR count). The molecule has 0 saturated carbocycles. The Bertz CT molecular complexity index is 876. The Labute approximate surface area is 155 Å². The molecule has 1 saturated heterocycles. The molecule has 5 nitrogen and oxygen atoms in total. The number of anilines is 1. The van der Waals surface area contributed by atoms with E-state index >= 15 is 0 Å². The molecule has 134 valence electrons. The fraction of sp³-hybridized carbons (Fsp3) is 0.263. The van der Waals surface area contributed by atoms with Crippen molar-refractivity contribution in [2.75, 3.05) is 18.1 Å². The Morgan fingerprint density at radius 2 is 2.04 bits per heavy atom. The number of amides is 1. The number of nitrogens with zero attached hydrogens (tertiary/aromatic N) is 1. The first-order valence-corrected chi connectivity index (χ1v) is 8.72. The van der Waals surface area contributed by atoms with Crippen molar-refractivity contribution in [2.24, 2.45) is 0 Å². The van der Waals surface area contributed by atoms with E-state index in [0.29, 0.717) is 29.8 Å². The summed E-state index contributed by atoms with van der Waals surface area (Å²) < 4.78 is 20.0. The van der Waals surface area contributed by atoms with Gasteiger partial charge < -0.3 is 14.7 Å². The minimum Gasteiger partial charge on any atom is -0.390 e. The first kappa shape index (κ1) is 17.1. The Morgan fingerprint density at radius 3 is 2.77 bits per heavy atom. The molecule has 2 aliphatic heterocycles. The molecule has 2 aromatic carbocycles. The zero-order chi connectivity index (χ0) is 18.3. The molecule has 1 fully saturated rings. The van der Waals surface area contributed by atoms with Crippen LogP contribution in [0, 0.1) is 5.82 Å². The summed E-state index contributed by atoms with van der Waals surface area (Å²) in [6, 6.07) is 13.3. The lowest BCUT2D eigenvalue weighted by Crippen LogP contribution is -2.70. The van der Waals surface area contributed by atoms with E-state index in [1.54, 1.807) is 41.3 Å². The molecule has 0 bridgehead atoms. The van der Waals surface area contributed by atoms with Crippen molar-refractivity contribution in [3.05, 3.63) is 65.5 Å². The van der Waals surface area contributed by atoms with Crippen LogP contribution in [-0.4, -0.2) is 35.4 Å². The Morgan fingerprint density at radius 1 is 1.27 bits per heavy atom. The number of carbonyl (C=O) groups excluding carboxylic acids is 1. The predicted octanol–water partition coefficient (Wildman–Crippen LogP) is 2.34. The molecule has 0 radical (unpaired) electrons. The van der Waals surface area contributed by atoms with Gasteiger partial charge in [0.15, 0.2) is 5.11 Å². The van der Waals surface area contributed by atoms with Crippen LogP contribution in [0.3, 0.4) is 0 Å². The molecule has 1 spiro atoms. The highest BCUT2D eigenvalue weighted by atomic mass is 32.1. The number of benzene rings is 2. The number of thiocarbonyl (C=S) groups is 1. The highest BCUT2D eigenvalue weighted by molar-refractivity contribution is 7.80. The quantitative estimate of drug-likeness (QED) is 0.753. The smallest absolute Gasteiger partial charge is 0.257 e. The average Bonchev–Trinajstić information content (AvgIpc) is 2.63. The molecule has 2 heterocycles. The van der Waals surface area contributed by atoms with Crippen molar-refractivity contribution in [1.82, 2.24) is 5.32 Å². The molecular formula is C19H17FN2O3S. The third kappa shape index (κ3) is 2.43. The molecule has 0 aromatic heterocycles. The number of nitrogens with one attached hydrogen (secondary N) is 1. The van der Waals surface area contributed by atoms with Crippen LogP contribution in [0.5, 0.6) is 0 Å². The summed E-state index contributed by atoms with van der Waals surface area (Å²) in [6.07, 6.45) is -0.494. The number of carbonyl (C=O) groups is 1. The number of halogens is 1. The number of aliphatic hydroxyl groups excluding tert-OH is 1. The molecule has 2 N–H and O–H groups in total. The van der Waals surface area contributed by atoms with E-state index in [1.807, 2.05) is 6.07 Å². The number of hydrogen-bond acceptors (Lipinski definition) is 4. The van der Waals surface area contributed by atoms with E-state index in [9.17, 15) is 14.3 Å². The molecule has 2 aromatic rings. The predicted molar refractivity (Wildman–Crippen MR) is 98.5 cm³/mol. The summed E-state index contributed by atoms with van der Waals surface area (Å²) in [5.41, 5.74) is 0.265. The first-order chi connectivity index (χ1) is 12.6. The van der Waals surface area contributed by atoms with Crippen molar-refractivity contribution in [3.63, 3.8) is 0 Å². The van der Waals surface area contributed by atoms with Crippen LogP contribution in [0.1, 0.15) is 22.3 Å². The van der Waals surface area contributed by atoms with Crippen LogP contribution in [0.25, 0.3) is 0 Å². The number of ether oxygens (including phenoxy) is 1. The third-order valence-electron chi connectivity index (χ3n) is 4.93. The van der Waals surface area contributed by atoms with Gasteiger partial charge in [-0.2, -0.15) is 0 Å². The lowest BCUT2D eigenvalue weighted by atomic mass is 9.72. The van der Waals surface area contributed by atoms with Crippen LogP contribution in [0.4, 0.5) is 10.1 Å². The Hall–Kier alpha value is -2.35. The Balaban J connectivity index is 1.68. The Kier molecular flexibility index (Phi) is 4.22. The zero-order valence-electron chi connectivity index (χ0n) is 13.8. The van der Waals surface area contributed by atoms with Crippen LogP contribution in [0.2, 0.25) is 0 Å². The van der Waals surface area contributed by atoms with Crippen molar-refractivity contribution in [3.8, 4) is 0 Å². The minimum atomic E-state index is -1.11. The van der Waals surface area contributed by atoms with Gasteiger partial charge in [-0.1, -0.05) is 24.3 Å². The van der Waals surface area contributed by atoms with Crippen molar-refractivity contribution in [2.45, 2.75) is 18.1 Å².